The van der Waals surface area contributed by atoms with Gasteiger partial charge in [0.1, 0.15) is 0 Å². The van der Waals surface area contributed by atoms with Crippen molar-refractivity contribution in [3.05, 3.63) is 109 Å². The fourth-order valence-electron chi connectivity index (χ4n) is 6.33. The van der Waals surface area contributed by atoms with Gasteiger partial charge in [0.05, 0.1) is 0 Å². The summed E-state index contributed by atoms with van der Waals surface area (Å²) in [5.74, 6) is 0. The van der Waals surface area contributed by atoms with Crippen LogP contribution < -0.4 is 0 Å². The zero-order chi connectivity index (χ0) is 23.4. The third-order valence-corrected chi connectivity index (χ3v) is 8.01. The van der Waals surface area contributed by atoms with E-state index in [1.807, 2.05) is 0 Å². The fourth-order valence-corrected chi connectivity index (χ4v) is 6.33. The van der Waals surface area contributed by atoms with Crippen molar-refractivity contribution in [1.82, 2.24) is 9.97 Å². The molecule has 0 saturated heterocycles. The third-order valence-electron chi connectivity index (χ3n) is 8.01. The maximum atomic E-state index is 3.73. The molecule has 166 valence electrons. The molecule has 0 radical (unpaired) electrons. The Morgan fingerprint density at radius 1 is 0.306 bits per heavy atom. The van der Waals surface area contributed by atoms with Gasteiger partial charge in [-0.2, -0.15) is 0 Å². The van der Waals surface area contributed by atoms with Crippen molar-refractivity contribution in [1.29, 1.82) is 0 Å². The van der Waals surface area contributed by atoms with E-state index in [1.165, 1.54) is 86.7 Å². The van der Waals surface area contributed by atoms with Crippen molar-refractivity contribution in [2.75, 3.05) is 0 Å². The molecule has 36 heavy (non-hydrogen) atoms. The van der Waals surface area contributed by atoms with Gasteiger partial charge in [0, 0.05) is 43.6 Å². The minimum Gasteiger partial charge on any atom is -0.354 e. The Morgan fingerprint density at radius 2 is 0.722 bits per heavy atom. The molecule has 0 amide bonds. The lowest BCUT2D eigenvalue weighted by molar-refractivity contribution is 1.55. The average molecular weight is 457 g/mol. The minimum atomic E-state index is 1.18. The maximum Gasteiger partial charge on any atom is 0.0472 e. The van der Waals surface area contributed by atoms with Crippen LogP contribution in [0.1, 0.15) is 0 Å². The predicted molar refractivity (Wildman–Crippen MR) is 155 cm³/mol. The fraction of sp³-hybridized carbons (Fsp3) is 0. The molecule has 0 aliphatic heterocycles. The van der Waals surface area contributed by atoms with Crippen LogP contribution in [0.3, 0.4) is 0 Å². The van der Waals surface area contributed by atoms with Crippen LogP contribution in [0.15, 0.2) is 109 Å². The molecular weight excluding hydrogens is 436 g/mol. The van der Waals surface area contributed by atoms with Gasteiger partial charge in [-0.05, 0) is 91.6 Å². The molecule has 0 fully saturated rings. The van der Waals surface area contributed by atoms with E-state index < -0.39 is 0 Å². The first kappa shape index (κ1) is 18.5. The summed E-state index contributed by atoms with van der Waals surface area (Å²) in [6, 6.07) is 40.1. The number of H-pyrrole nitrogens is 2. The Kier molecular flexibility index (Phi) is 3.31. The molecule has 2 heterocycles. The number of aromatic amines is 2. The average Bonchev–Trinajstić information content (AvgIpc) is 3.47. The smallest absolute Gasteiger partial charge is 0.0472 e. The van der Waals surface area contributed by atoms with Crippen LogP contribution in [0, 0.1) is 0 Å². The number of hydrogen-bond donors (Lipinski definition) is 2. The number of benzene rings is 7. The molecule has 2 aromatic heterocycles. The second-order valence-electron chi connectivity index (χ2n) is 10.0. The van der Waals surface area contributed by atoms with Gasteiger partial charge in [-0.1, -0.05) is 60.7 Å². The zero-order valence-corrected chi connectivity index (χ0v) is 19.4. The van der Waals surface area contributed by atoms with Crippen LogP contribution >= 0.6 is 0 Å². The Morgan fingerprint density at radius 3 is 1.17 bits per heavy atom. The van der Waals surface area contributed by atoms with Crippen LogP contribution in [0.25, 0.3) is 86.7 Å². The minimum absolute atomic E-state index is 1.18. The molecule has 0 spiro atoms. The van der Waals surface area contributed by atoms with E-state index >= 15 is 0 Å². The number of rotatable bonds is 0. The molecule has 0 atom stereocenters. The summed E-state index contributed by atoms with van der Waals surface area (Å²) in [4.78, 5) is 7.46. The molecule has 7 aromatic carbocycles. The van der Waals surface area contributed by atoms with Crippen LogP contribution in [-0.2, 0) is 0 Å². The van der Waals surface area contributed by atoms with E-state index in [0.29, 0.717) is 0 Å². The predicted octanol–water partition coefficient (Wildman–Crippen LogP) is 9.57. The Labute approximate surface area is 205 Å². The van der Waals surface area contributed by atoms with Crippen LogP contribution in [0.5, 0.6) is 0 Å². The van der Waals surface area contributed by atoms with Crippen molar-refractivity contribution >= 4 is 86.7 Å². The molecule has 9 rings (SSSR count). The third kappa shape index (κ3) is 2.36. The van der Waals surface area contributed by atoms with Crippen molar-refractivity contribution in [2.24, 2.45) is 0 Å². The van der Waals surface area contributed by atoms with Gasteiger partial charge in [0.2, 0.25) is 0 Å². The highest BCUT2D eigenvalue weighted by Gasteiger charge is 2.14. The molecule has 2 N–H and O–H groups in total. The van der Waals surface area contributed by atoms with E-state index in [9.17, 15) is 0 Å². The van der Waals surface area contributed by atoms with Crippen molar-refractivity contribution < 1.29 is 0 Å². The van der Waals surface area contributed by atoms with E-state index in [1.54, 1.807) is 0 Å². The van der Waals surface area contributed by atoms with E-state index in [-0.39, 0.29) is 0 Å². The largest absolute Gasteiger partial charge is 0.354 e. The normalized spacial score (nSPS) is 12.4. The van der Waals surface area contributed by atoms with Gasteiger partial charge in [-0.15, -0.1) is 0 Å². The molecule has 2 heteroatoms. The second-order valence-corrected chi connectivity index (χ2v) is 10.0. The first-order chi connectivity index (χ1) is 17.8. The summed E-state index contributed by atoms with van der Waals surface area (Å²) in [5.41, 5.74) is 4.72. The van der Waals surface area contributed by atoms with Crippen LogP contribution in [-0.4, -0.2) is 9.97 Å². The highest BCUT2D eigenvalue weighted by Crippen LogP contribution is 2.40. The summed E-state index contributed by atoms with van der Waals surface area (Å²) < 4.78 is 0. The van der Waals surface area contributed by atoms with Gasteiger partial charge in [-0.25, -0.2) is 0 Å². The van der Waals surface area contributed by atoms with Crippen molar-refractivity contribution in [3.8, 4) is 0 Å². The van der Waals surface area contributed by atoms with Crippen LogP contribution in [0.2, 0.25) is 0 Å². The number of nitrogens with one attached hydrogen (secondary N) is 2. The number of fused-ring (bicyclic) bond motifs is 12. The lowest BCUT2D eigenvalue weighted by atomic mass is 9.98. The standard InChI is InChI=1S/C34H20N2/c1-3-7-21-15-25-23(13-19(21)5-1)9-11-29-33(25)27-17-32-28(18-31(27)35-29)34-26-16-22-8-4-2-6-20(22)14-24(26)10-12-30(34)36-32/h1-18,35-36H. The van der Waals surface area contributed by atoms with E-state index in [4.69, 9.17) is 0 Å². The van der Waals surface area contributed by atoms with Gasteiger partial charge in [0.15, 0.2) is 0 Å². The first-order valence-corrected chi connectivity index (χ1v) is 12.4. The molecule has 2 nitrogen and oxygen atoms in total. The van der Waals surface area contributed by atoms with Gasteiger partial charge in [0.25, 0.3) is 0 Å². The van der Waals surface area contributed by atoms with Gasteiger partial charge < -0.3 is 9.97 Å². The summed E-state index contributed by atoms with van der Waals surface area (Å²) in [6.07, 6.45) is 0. The highest BCUT2D eigenvalue weighted by atomic mass is 14.7. The monoisotopic (exact) mass is 456 g/mol. The topological polar surface area (TPSA) is 31.6 Å². The van der Waals surface area contributed by atoms with Gasteiger partial charge >= 0.3 is 0 Å². The highest BCUT2D eigenvalue weighted by molar-refractivity contribution is 6.28. The van der Waals surface area contributed by atoms with Crippen LogP contribution in [0.4, 0.5) is 0 Å². The van der Waals surface area contributed by atoms with Gasteiger partial charge in [-0.3, -0.25) is 0 Å². The SMILES string of the molecule is c1ccc2cc3c(ccc4[nH]c5cc6c(cc5c43)[nH]c3ccc4cc5ccccc5cc4c36)cc2c1. The summed E-state index contributed by atoms with van der Waals surface area (Å²) in [7, 11) is 0. The van der Waals surface area contributed by atoms with E-state index in [2.05, 4.69) is 119 Å². The number of hydrogen-bond acceptors (Lipinski definition) is 0. The lowest BCUT2D eigenvalue weighted by Gasteiger charge is -2.05. The molecular formula is C34H20N2. The van der Waals surface area contributed by atoms with Crippen molar-refractivity contribution in [3.63, 3.8) is 0 Å². The summed E-state index contributed by atoms with van der Waals surface area (Å²) >= 11 is 0. The Balaban J connectivity index is 1.42. The molecule has 0 aliphatic carbocycles. The summed E-state index contributed by atoms with van der Waals surface area (Å²) in [6.45, 7) is 0. The van der Waals surface area contributed by atoms with Crippen molar-refractivity contribution in [2.45, 2.75) is 0 Å². The van der Waals surface area contributed by atoms with E-state index in [0.717, 1.165) is 0 Å². The quantitative estimate of drug-likeness (QED) is 0.213. The Bertz CT molecular complexity index is 2200. The molecule has 9 aromatic rings. The number of aromatic nitrogens is 2. The second kappa shape index (κ2) is 6.44. The maximum absolute atomic E-state index is 3.73. The zero-order valence-electron chi connectivity index (χ0n) is 19.4. The lowest BCUT2D eigenvalue weighted by Crippen LogP contribution is -1.78. The Hall–Kier alpha value is -4.82. The molecule has 0 unspecified atom stereocenters. The molecule has 0 aliphatic rings. The first-order valence-electron chi connectivity index (χ1n) is 12.4. The molecule has 0 bridgehead atoms. The summed E-state index contributed by atoms with van der Waals surface area (Å²) in [5, 5.41) is 15.4. The molecule has 0 saturated carbocycles.